The lowest BCUT2D eigenvalue weighted by Crippen LogP contribution is -2.15. The lowest BCUT2D eigenvalue weighted by atomic mass is 9.86. The Bertz CT molecular complexity index is 888. The predicted molar refractivity (Wildman–Crippen MR) is 105 cm³/mol. The van der Waals surface area contributed by atoms with Crippen molar-refractivity contribution in [1.82, 2.24) is 0 Å². The topological polar surface area (TPSA) is 34.1 Å². The average molecular weight is 363 g/mol. The molecule has 0 heterocycles. The second-order valence-electron chi connectivity index (χ2n) is 6.14. The summed E-state index contributed by atoms with van der Waals surface area (Å²) < 4.78 is 0. The van der Waals surface area contributed by atoms with E-state index in [2.05, 4.69) is 0 Å². The number of benzene rings is 3. The number of Topliss-reactive ketones (excluding diaryl/α,β-unsaturated/α-hetero) is 2. The second kappa shape index (κ2) is 8.59. The van der Waals surface area contributed by atoms with Gasteiger partial charge < -0.3 is 0 Å². The first-order valence-electron chi connectivity index (χ1n) is 8.59. The summed E-state index contributed by atoms with van der Waals surface area (Å²) in [6.07, 6.45) is 0.752. The minimum Gasteiger partial charge on any atom is -0.294 e. The Labute approximate surface area is 158 Å². The van der Waals surface area contributed by atoms with Crippen molar-refractivity contribution in [1.29, 1.82) is 0 Å². The molecule has 0 aliphatic carbocycles. The summed E-state index contributed by atoms with van der Waals surface area (Å²) in [5.74, 6) is -0.412. The molecule has 3 aromatic rings. The SMILES string of the molecule is O=C(CC[C@@H](C(=O)c1ccccc1Cl)c1ccccc1)c1ccccc1. The molecule has 0 amide bonds. The lowest BCUT2D eigenvalue weighted by molar-refractivity contribution is 0.0936. The number of hydrogen-bond acceptors (Lipinski definition) is 2. The van der Waals surface area contributed by atoms with Gasteiger partial charge >= 0.3 is 0 Å². The molecule has 26 heavy (non-hydrogen) atoms. The first-order valence-corrected chi connectivity index (χ1v) is 8.96. The first-order chi connectivity index (χ1) is 12.7. The van der Waals surface area contributed by atoms with Gasteiger partial charge in [-0.2, -0.15) is 0 Å². The number of rotatable bonds is 7. The molecule has 3 rings (SSSR count). The third-order valence-corrected chi connectivity index (χ3v) is 4.74. The summed E-state index contributed by atoms with van der Waals surface area (Å²) in [4.78, 5) is 25.6. The highest BCUT2D eigenvalue weighted by Crippen LogP contribution is 2.29. The Morgan fingerprint density at radius 2 is 1.35 bits per heavy atom. The fourth-order valence-electron chi connectivity index (χ4n) is 3.03. The van der Waals surface area contributed by atoms with Crippen molar-refractivity contribution >= 4 is 23.2 Å². The van der Waals surface area contributed by atoms with Gasteiger partial charge in [0.15, 0.2) is 11.6 Å². The smallest absolute Gasteiger partial charge is 0.171 e. The van der Waals surface area contributed by atoms with Crippen molar-refractivity contribution in [3.63, 3.8) is 0 Å². The Hall–Kier alpha value is -2.71. The largest absolute Gasteiger partial charge is 0.294 e. The van der Waals surface area contributed by atoms with Gasteiger partial charge in [-0.3, -0.25) is 9.59 Å². The zero-order valence-corrected chi connectivity index (χ0v) is 15.0. The summed E-state index contributed by atoms with van der Waals surface area (Å²) in [6.45, 7) is 0. The molecular formula is C23H19ClO2. The number of ketones is 2. The molecule has 0 unspecified atom stereocenters. The quantitative estimate of drug-likeness (QED) is 0.485. The molecule has 130 valence electrons. The van der Waals surface area contributed by atoms with Gasteiger partial charge in [-0.15, -0.1) is 0 Å². The third kappa shape index (κ3) is 4.27. The average Bonchev–Trinajstić information content (AvgIpc) is 2.69. The molecule has 0 bridgehead atoms. The van der Waals surface area contributed by atoms with E-state index in [1.54, 1.807) is 36.4 Å². The first kappa shape index (κ1) is 18.1. The molecule has 0 saturated heterocycles. The van der Waals surface area contributed by atoms with E-state index in [-0.39, 0.29) is 11.6 Å². The Morgan fingerprint density at radius 1 is 0.769 bits per heavy atom. The molecule has 0 radical (unpaired) electrons. The third-order valence-electron chi connectivity index (χ3n) is 4.41. The maximum Gasteiger partial charge on any atom is 0.171 e. The molecule has 0 saturated carbocycles. The maximum absolute atomic E-state index is 13.1. The van der Waals surface area contributed by atoms with Gasteiger partial charge in [0.1, 0.15) is 0 Å². The Kier molecular flexibility index (Phi) is 5.98. The van der Waals surface area contributed by atoms with Gasteiger partial charge in [0.25, 0.3) is 0 Å². The standard InChI is InChI=1S/C23H19ClO2/c24-21-14-8-7-13-20(21)23(26)19(17-9-3-1-4-10-17)15-16-22(25)18-11-5-2-6-12-18/h1-14,19H,15-16H2/t19-/m1/s1. The summed E-state index contributed by atoms with van der Waals surface area (Å²) in [6, 6.07) is 25.8. The lowest BCUT2D eigenvalue weighted by Gasteiger charge is -2.17. The van der Waals surface area contributed by atoms with E-state index in [0.29, 0.717) is 29.0 Å². The van der Waals surface area contributed by atoms with Gasteiger partial charge in [0.05, 0.1) is 5.02 Å². The molecule has 2 nitrogen and oxygen atoms in total. The normalized spacial score (nSPS) is 11.7. The van der Waals surface area contributed by atoms with Crippen LogP contribution in [-0.4, -0.2) is 11.6 Å². The van der Waals surface area contributed by atoms with Gasteiger partial charge in [0, 0.05) is 23.5 Å². The van der Waals surface area contributed by atoms with Crippen LogP contribution in [0.2, 0.25) is 5.02 Å². The van der Waals surface area contributed by atoms with Crippen LogP contribution in [0.1, 0.15) is 45.0 Å². The predicted octanol–water partition coefficient (Wildman–Crippen LogP) is 5.97. The molecule has 0 aliphatic rings. The van der Waals surface area contributed by atoms with Crippen molar-refractivity contribution < 1.29 is 9.59 Å². The molecule has 1 atom stereocenters. The minimum atomic E-state index is -0.399. The van der Waals surface area contributed by atoms with Crippen LogP contribution in [0.4, 0.5) is 0 Å². The fraction of sp³-hybridized carbons (Fsp3) is 0.130. The second-order valence-corrected chi connectivity index (χ2v) is 6.54. The van der Waals surface area contributed by atoms with E-state index in [0.717, 1.165) is 5.56 Å². The van der Waals surface area contributed by atoms with Gasteiger partial charge in [-0.05, 0) is 24.1 Å². The summed E-state index contributed by atoms with van der Waals surface area (Å²) >= 11 is 6.22. The molecule has 3 aromatic carbocycles. The van der Waals surface area contributed by atoms with E-state index in [1.807, 2.05) is 48.5 Å². The van der Waals surface area contributed by atoms with Crippen LogP contribution in [0.15, 0.2) is 84.9 Å². The van der Waals surface area contributed by atoms with Crippen LogP contribution >= 0.6 is 11.6 Å². The van der Waals surface area contributed by atoms with Crippen LogP contribution in [0.3, 0.4) is 0 Å². The van der Waals surface area contributed by atoms with Crippen LogP contribution in [-0.2, 0) is 0 Å². The van der Waals surface area contributed by atoms with Crippen LogP contribution in [0, 0.1) is 0 Å². The Balaban J connectivity index is 1.84. The van der Waals surface area contributed by atoms with Crippen LogP contribution in [0.25, 0.3) is 0 Å². The van der Waals surface area contributed by atoms with Gasteiger partial charge in [-0.1, -0.05) is 84.4 Å². The molecule has 0 fully saturated rings. The summed E-state index contributed by atoms with van der Waals surface area (Å²) in [7, 11) is 0. The molecular weight excluding hydrogens is 344 g/mol. The Morgan fingerprint density at radius 3 is 2.00 bits per heavy atom. The van der Waals surface area contributed by atoms with E-state index < -0.39 is 5.92 Å². The zero-order chi connectivity index (χ0) is 18.4. The summed E-state index contributed by atoms with van der Waals surface area (Å²) in [5.41, 5.74) is 2.07. The van der Waals surface area contributed by atoms with Crippen LogP contribution in [0.5, 0.6) is 0 Å². The maximum atomic E-state index is 13.1. The fourth-order valence-corrected chi connectivity index (χ4v) is 3.26. The number of hydrogen-bond donors (Lipinski definition) is 0. The molecule has 0 N–H and O–H groups in total. The van der Waals surface area contributed by atoms with Crippen molar-refractivity contribution in [3.8, 4) is 0 Å². The van der Waals surface area contributed by atoms with Gasteiger partial charge in [-0.25, -0.2) is 0 Å². The minimum absolute atomic E-state index is 0.0403. The van der Waals surface area contributed by atoms with Gasteiger partial charge in [0.2, 0.25) is 0 Å². The van der Waals surface area contributed by atoms with E-state index >= 15 is 0 Å². The zero-order valence-electron chi connectivity index (χ0n) is 14.3. The van der Waals surface area contributed by atoms with Crippen molar-refractivity contribution in [2.45, 2.75) is 18.8 Å². The molecule has 0 spiro atoms. The number of carbonyl (C=O) groups is 2. The molecule has 0 aromatic heterocycles. The highest BCUT2D eigenvalue weighted by molar-refractivity contribution is 6.34. The summed E-state index contributed by atoms with van der Waals surface area (Å²) in [5, 5.41) is 0.438. The highest BCUT2D eigenvalue weighted by atomic mass is 35.5. The van der Waals surface area contributed by atoms with Crippen molar-refractivity contribution in [2.24, 2.45) is 0 Å². The van der Waals surface area contributed by atoms with Crippen molar-refractivity contribution in [2.75, 3.05) is 0 Å². The monoisotopic (exact) mass is 362 g/mol. The highest BCUT2D eigenvalue weighted by Gasteiger charge is 2.24. The van der Waals surface area contributed by atoms with E-state index in [4.69, 9.17) is 11.6 Å². The van der Waals surface area contributed by atoms with Crippen LogP contribution < -0.4 is 0 Å². The van der Waals surface area contributed by atoms with Crippen molar-refractivity contribution in [3.05, 3.63) is 107 Å². The number of halogens is 1. The molecule has 0 aliphatic heterocycles. The number of carbonyl (C=O) groups excluding carboxylic acids is 2. The van der Waals surface area contributed by atoms with E-state index in [1.165, 1.54) is 0 Å². The molecule has 3 heteroatoms. The van der Waals surface area contributed by atoms with E-state index in [9.17, 15) is 9.59 Å².